The average molecular weight is 844 g/mol. The lowest BCUT2D eigenvalue weighted by Crippen LogP contribution is -2.54. The van der Waals surface area contributed by atoms with Crippen molar-refractivity contribution in [2.75, 3.05) is 27.0 Å². The van der Waals surface area contributed by atoms with Crippen LogP contribution in [0, 0.1) is 29.4 Å². The van der Waals surface area contributed by atoms with Crippen LogP contribution in [0.3, 0.4) is 0 Å². The number of nitrogens with zero attached hydrogens (tertiary/aromatic N) is 1. The van der Waals surface area contributed by atoms with E-state index >= 15 is 0 Å². The fourth-order valence-electron chi connectivity index (χ4n) is 7.01. The Morgan fingerprint density at radius 1 is 0.847 bits per heavy atom. The molecule has 14 nitrogen and oxygen atoms in total. The zero-order chi connectivity index (χ0) is 43.4. The molecule has 0 bridgehead atoms. The first-order chi connectivity index (χ1) is 27.9. The third-order valence-electron chi connectivity index (χ3n) is 10.6. The van der Waals surface area contributed by atoms with E-state index < -0.39 is 107 Å². The van der Waals surface area contributed by atoms with E-state index in [1.807, 2.05) is 60.7 Å². The molecule has 322 valence electrons. The van der Waals surface area contributed by atoms with Crippen molar-refractivity contribution in [3.8, 4) is 5.75 Å². The Balaban J connectivity index is 1.55. The van der Waals surface area contributed by atoms with Crippen LogP contribution in [0.5, 0.6) is 5.75 Å². The zero-order valence-corrected chi connectivity index (χ0v) is 34.9. The van der Waals surface area contributed by atoms with Gasteiger partial charge in [-0.1, -0.05) is 74.5 Å². The minimum Gasteiger partial charge on any atom is -0.491 e. The number of halogens is 2. The van der Waals surface area contributed by atoms with Crippen LogP contribution in [0.2, 0.25) is 0 Å². The Labute approximate surface area is 344 Å². The van der Waals surface area contributed by atoms with E-state index in [4.69, 9.17) is 9.47 Å². The lowest BCUT2D eigenvalue weighted by Gasteiger charge is -2.30. The van der Waals surface area contributed by atoms with E-state index in [2.05, 4.69) is 21.3 Å². The van der Waals surface area contributed by atoms with Gasteiger partial charge in [-0.2, -0.15) is 0 Å². The molecule has 1 fully saturated rings. The molecule has 17 heteroatoms. The van der Waals surface area contributed by atoms with E-state index in [0.29, 0.717) is 6.07 Å². The number of benzene rings is 3. The molecular weight excluding hydrogens is 789 g/mol. The van der Waals surface area contributed by atoms with Gasteiger partial charge in [0.05, 0.1) is 36.3 Å². The number of aliphatic hydroxyl groups excluding tert-OH is 1. The van der Waals surface area contributed by atoms with Gasteiger partial charge in [0, 0.05) is 51.4 Å². The fourth-order valence-corrected chi connectivity index (χ4v) is 7.72. The molecule has 1 aliphatic rings. The SMILES string of the molecule is CO[C@H](C[C@H](O)[C@H](COc1cc(F)cc(F)c1)NC(=O)[C@H]1C[C@@H](N(C)S(C)(=O)=O)C[C@@H]1C(=O)N[C@H](C)c1ccccc1)C(=O)N[C@H](C(=O)NCc1ccccc1)C(C)C. The average Bonchev–Trinajstić information content (AvgIpc) is 3.65. The maximum absolute atomic E-state index is 14.2. The summed E-state index contributed by atoms with van der Waals surface area (Å²) in [7, 11) is -1.12. The van der Waals surface area contributed by atoms with Crippen molar-refractivity contribution in [1.29, 1.82) is 0 Å². The predicted molar refractivity (Wildman–Crippen MR) is 216 cm³/mol. The number of carbonyl (C=O) groups is 4. The number of sulfonamides is 1. The first kappa shape index (κ1) is 46.7. The fraction of sp³-hybridized carbons (Fsp3) is 0.476. The van der Waals surface area contributed by atoms with Crippen molar-refractivity contribution in [1.82, 2.24) is 25.6 Å². The minimum atomic E-state index is -3.72. The van der Waals surface area contributed by atoms with Crippen molar-refractivity contribution in [2.24, 2.45) is 17.8 Å². The highest BCUT2D eigenvalue weighted by atomic mass is 32.2. The summed E-state index contributed by atoms with van der Waals surface area (Å²) in [6.45, 7) is 4.95. The second-order valence-electron chi connectivity index (χ2n) is 15.3. The summed E-state index contributed by atoms with van der Waals surface area (Å²) in [6, 6.07) is 17.3. The van der Waals surface area contributed by atoms with Gasteiger partial charge < -0.3 is 35.8 Å². The molecule has 1 saturated carbocycles. The van der Waals surface area contributed by atoms with E-state index in [-0.39, 0.29) is 31.1 Å². The molecule has 5 N–H and O–H groups in total. The molecule has 8 atom stereocenters. The number of carbonyl (C=O) groups excluding carboxylic acids is 4. The molecule has 3 aromatic carbocycles. The number of methoxy groups -OCH3 is 1. The summed E-state index contributed by atoms with van der Waals surface area (Å²) in [5.41, 5.74) is 1.66. The molecule has 1 aliphatic carbocycles. The Morgan fingerprint density at radius 2 is 1.41 bits per heavy atom. The van der Waals surface area contributed by atoms with Crippen molar-refractivity contribution < 1.29 is 51.0 Å². The van der Waals surface area contributed by atoms with Crippen molar-refractivity contribution >= 4 is 33.7 Å². The van der Waals surface area contributed by atoms with Crippen molar-refractivity contribution in [3.05, 3.63) is 102 Å². The number of hydrogen-bond donors (Lipinski definition) is 5. The highest BCUT2D eigenvalue weighted by Gasteiger charge is 2.46. The lowest BCUT2D eigenvalue weighted by molar-refractivity contribution is -0.138. The normalized spacial score (nSPS) is 19.3. The van der Waals surface area contributed by atoms with Crippen molar-refractivity contribution in [2.45, 2.75) is 83.0 Å². The van der Waals surface area contributed by atoms with Crippen LogP contribution in [0.15, 0.2) is 78.9 Å². The largest absolute Gasteiger partial charge is 0.491 e. The monoisotopic (exact) mass is 843 g/mol. The van der Waals surface area contributed by atoms with Gasteiger partial charge in [0.25, 0.3) is 0 Å². The number of ether oxygens (including phenoxy) is 2. The number of hydrogen-bond acceptors (Lipinski definition) is 9. The highest BCUT2D eigenvalue weighted by molar-refractivity contribution is 7.88. The van der Waals surface area contributed by atoms with Crippen LogP contribution < -0.4 is 26.0 Å². The Morgan fingerprint density at radius 3 is 1.95 bits per heavy atom. The molecule has 59 heavy (non-hydrogen) atoms. The lowest BCUT2D eigenvalue weighted by atomic mass is 9.92. The second-order valence-corrected chi connectivity index (χ2v) is 17.3. The summed E-state index contributed by atoms with van der Waals surface area (Å²) in [6.07, 6.45) is -2.39. The number of rotatable bonds is 20. The molecule has 4 rings (SSSR count). The van der Waals surface area contributed by atoms with Gasteiger partial charge in [-0.25, -0.2) is 21.5 Å². The maximum Gasteiger partial charge on any atom is 0.249 e. The quantitative estimate of drug-likeness (QED) is 0.114. The van der Waals surface area contributed by atoms with Crippen LogP contribution in [-0.2, 0) is 40.5 Å². The summed E-state index contributed by atoms with van der Waals surface area (Å²) >= 11 is 0. The van der Waals surface area contributed by atoms with Gasteiger partial charge in [-0.15, -0.1) is 0 Å². The summed E-state index contributed by atoms with van der Waals surface area (Å²) in [5, 5.41) is 22.8. The van der Waals surface area contributed by atoms with E-state index in [9.17, 15) is 41.5 Å². The first-order valence-corrected chi connectivity index (χ1v) is 21.2. The van der Waals surface area contributed by atoms with E-state index in [1.165, 1.54) is 14.2 Å². The third-order valence-corrected chi connectivity index (χ3v) is 11.9. The zero-order valence-electron chi connectivity index (χ0n) is 34.1. The van der Waals surface area contributed by atoms with Crippen LogP contribution in [-0.4, -0.2) is 98.8 Å². The van der Waals surface area contributed by atoms with Gasteiger partial charge in [-0.05, 0) is 36.8 Å². The minimum absolute atomic E-state index is 0.0170. The summed E-state index contributed by atoms with van der Waals surface area (Å²) in [4.78, 5) is 54.8. The molecule has 0 aliphatic heterocycles. The molecule has 4 amide bonds. The topological polar surface area (TPSA) is 192 Å². The molecule has 0 heterocycles. The molecule has 0 aromatic heterocycles. The third kappa shape index (κ3) is 13.5. The van der Waals surface area contributed by atoms with E-state index in [0.717, 1.165) is 33.8 Å². The molecule has 0 spiro atoms. The number of aliphatic hydroxyl groups is 1. The number of amides is 4. The Kier molecular flexibility index (Phi) is 16.9. The Hall–Kier alpha value is -4.97. The smallest absolute Gasteiger partial charge is 0.249 e. The molecular formula is C42H55F2N5O9S. The highest BCUT2D eigenvalue weighted by Crippen LogP contribution is 2.37. The summed E-state index contributed by atoms with van der Waals surface area (Å²) < 4.78 is 65.4. The van der Waals surface area contributed by atoms with Gasteiger partial charge in [0.1, 0.15) is 36.1 Å². The van der Waals surface area contributed by atoms with Crippen molar-refractivity contribution in [3.63, 3.8) is 0 Å². The van der Waals surface area contributed by atoms with Crippen LogP contribution in [0.25, 0.3) is 0 Å². The Bertz CT molecular complexity index is 1970. The molecule has 3 aromatic rings. The van der Waals surface area contributed by atoms with Gasteiger partial charge >= 0.3 is 0 Å². The van der Waals surface area contributed by atoms with Crippen LogP contribution in [0.4, 0.5) is 8.78 Å². The summed E-state index contributed by atoms with van der Waals surface area (Å²) in [5.74, 6) is -6.94. The molecule has 0 radical (unpaired) electrons. The van der Waals surface area contributed by atoms with Gasteiger partial charge in [0.2, 0.25) is 33.7 Å². The van der Waals surface area contributed by atoms with Gasteiger partial charge in [0.15, 0.2) is 0 Å². The first-order valence-electron chi connectivity index (χ1n) is 19.4. The molecule has 0 saturated heterocycles. The maximum atomic E-state index is 14.2. The van der Waals surface area contributed by atoms with E-state index in [1.54, 1.807) is 20.8 Å². The molecule has 0 unspecified atom stereocenters. The standard InChI is InChI=1S/C42H55F2N5O9S/c1-25(2)38(42(54)45-23-27-13-9-7-10-14-27)48-41(53)37(57-5)22-36(50)35(24-58-32-18-29(43)17-30(44)19-32)47-40(52)34-21-31(49(4)59(6,55)56)20-33(34)39(51)46-26(3)28-15-11-8-12-16-28/h7-19,25-26,31,33-38,50H,20-24H2,1-6H3,(H,45,54)(H,46,51)(H,47,52)(H,48,53)/t26-,31+,33+,34+,35+,36+,37-,38+/m1/s1. The number of nitrogens with one attached hydrogen (secondary N) is 4. The van der Waals surface area contributed by atoms with Crippen LogP contribution >= 0.6 is 0 Å². The predicted octanol–water partition coefficient (Wildman–Crippen LogP) is 3.22. The second kappa shape index (κ2) is 21.3. The van der Waals surface area contributed by atoms with Crippen LogP contribution in [0.1, 0.15) is 57.2 Å². The van der Waals surface area contributed by atoms with Gasteiger partial charge in [-0.3, -0.25) is 19.2 Å².